The summed E-state index contributed by atoms with van der Waals surface area (Å²) >= 11 is 0. The van der Waals surface area contributed by atoms with Crippen molar-refractivity contribution in [3.63, 3.8) is 0 Å². The number of nitrogens with zero attached hydrogens (tertiary/aromatic N) is 2. The first-order valence-electron chi connectivity index (χ1n) is 17.6. The van der Waals surface area contributed by atoms with E-state index in [4.69, 9.17) is 0 Å². The summed E-state index contributed by atoms with van der Waals surface area (Å²) < 4.78 is 0. The van der Waals surface area contributed by atoms with Gasteiger partial charge in [-0.05, 0) is 112 Å². The van der Waals surface area contributed by atoms with Gasteiger partial charge in [-0.2, -0.15) is 0 Å². The molecule has 3 aliphatic rings. The number of para-hydroxylation sites is 4. The lowest BCUT2D eigenvalue weighted by Gasteiger charge is -2.53. The molecule has 0 amide bonds. The highest BCUT2D eigenvalue weighted by Crippen LogP contribution is 2.64. The average Bonchev–Trinajstić information content (AvgIpc) is 3.71. The van der Waals surface area contributed by atoms with E-state index in [1.807, 2.05) is 0 Å². The molecule has 0 saturated heterocycles. The maximum Gasteiger partial charge on any atom is 0.0960 e. The first kappa shape index (κ1) is 29.1. The molecule has 9 rings (SSSR count). The molecule has 2 nitrogen and oxygen atoms in total. The lowest BCUT2D eigenvalue weighted by molar-refractivity contribution is 0.362. The molecule has 0 heterocycles. The second kappa shape index (κ2) is 10.5. The summed E-state index contributed by atoms with van der Waals surface area (Å²) in [5.41, 5.74) is 16.3. The van der Waals surface area contributed by atoms with E-state index in [2.05, 4.69) is 183 Å². The molecule has 2 unspecified atom stereocenters. The van der Waals surface area contributed by atoms with Crippen LogP contribution in [0.15, 0.2) is 146 Å². The van der Waals surface area contributed by atoms with Gasteiger partial charge in [-0.3, -0.25) is 0 Å². The van der Waals surface area contributed by atoms with Gasteiger partial charge in [-0.25, -0.2) is 0 Å². The molecule has 0 spiro atoms. The molecular weight excluding hydrogens is 581 g/mol. The van der Waals surface area contributed by atoms with Crippen LogP contribution in [0.5, 0.6) is 0 Å². The standard InChI is InChI=1S/C46H42N2/c1-5-45(47(33-19-11-7-12-20-33)34-21-13-8-14-22-34)31-32-27-37-38-28-42-43(30-41(38)44(3,4)40(37)29-39(32)45)46(42,6-2)48(35-23-15-9-16-24-35)36-25-17-10-18-26-36/h7-30H,5-6,31H2,1-4H3. The molecule has 6 aromatic carbocycles. The highest BCUT2D eigenvalue weighted by Gasteiger charge is 2.57. The quantitative estimate of drug-likeness (QED) is 0.167. The molecule has 3 aliphatic carbocycles. The molecule has 0 radical (unpaired) electrons. The number of benzene rings is 6. The number of fused-ring (bicyclic) bond motifs is 5. The first-order valence-corrected chi connectivity index (χ1v) is 17.6. The van der Waals surface area contributed by atoms with Crippen molar-refractivity contribution in [2.45, 2.75) is 63.5 Å². The summed E-state index contributed by atoms with van der Waals surface area (Å²) in [6.45, 7) is 9.59. The summed E-state index contributed by atoms with van der Waals surface area (Å²) in [5.74, 6) is 0. The van der Waals surface area contributed by atoms with Crippen LogP contribution in [0, 0.1) is 0 Å². The van der Waals surface area contributed by atoms with Gasteiger partial charge in [0.25, 0.3) is 0 Å². The fourth-order valence-electron chi connectivity index (χ4n) is 9.34. The summed E-state index contributed by atoms with van der Waals surface area (Å²) in [6, 6.07) is 54.1. The molecule has 0 bridgehead atoms. The Kier molecular flexibility index (Phi) is 6.34. The normalized spacial score (nSPS) is 20.5. The van der Waals surface area contributed by atoms with E-state index < -0.39 is 0 Å². The van der Waals surface area contributed by atoms with Gasteiger partial charge >= 0.3 is 0 Å². The molecule has 2 heteroatoms. The third-order valence-electron chi connectivity index (χ3n) is 11.8. The van der Waals surface area contributed by atoms with Crippen molar-refractivity contribution < 1.29 is 0 Å². The molecule has 48 heavy (non-hydrogen) atoms. The van der Waals surface area contributed by atoms with Crippen molar-refractivity contribution in [3.05, 3.63) is 179 Å². The van der Waals surface area contributed by atoms with Crippen molar-refractivity contribution >= 4 is 22.7 Å². The molecule has 0 saturated carbocycles. The van der Waals surface area contributed by atoms with E-state index in [1.54, 1.807) is 0 Å². The van der Waals surface area contributed by atoms with E-state index in [0.29, 0.717) is 0 Å². The highest BCUT2D eigenvalue weighted by atomic mass is 15.2. The predicted octanol–water partition coefficient (Wildman–Crippen LogP) is 11.8. The Morgan fingerprint density at radius 1 is 0.458 bits per heavy atom. The highest BCUT2D eigenvalue weighted by molar-refractivity contribution is 5.88. The van der Waals surface area contributed by atoms with Gasteiger partial charge in [0.1, 0.15) is 0 Å². The van der Waals surface area contributed by atoms with Crippen LogP contribution in [0.2, 0.25) is 0 Å². The number of rotatable bonds is 8. The van der Waals surface area contributed by atoms with Crippen LogP contribution in [0.25, 0.3) is 11.1 Å². The van der Waals surface area contributed by atoms with Gasteiger partial charge in [0, 0.05) is 34.6 Å². The topological polar surface area (TPSA) is 6.48 Å². The summed E-state index contributed by atoms with van der Waals surface area (Å²) in [5, 5.41) is 0. The van der Waals surface area contributed by atoms with Crippen molar-refractivity contribution in [1.82, 2.24) is 0 Å². The number of anilines is 4. The Bertz CT molecular complexity index is 2070. The van der Waals surface area contributed by atoms with Crippen molar-refractivity contribution in [3.8, 4) is 11.1 Å². The second-order valence-corrected chi connectivity index (χ2v) is 14.4. The average molecular weight is 623 g/mol. The number of hydrogen-bond donors (Lipinski definition) is 0. The maximum absolute atomic E-state index is 2.60. The van der Waals surface area contributed by atoms with Crippen LogP contribution < -0.4 is 9.80 Å². The van der Waals surface area contributed by atoms with Gasteiger partial charge in [0.05, 0.1) is 11.1 Å². The third-order valence-corrected chi connectivity index (χ3v) is 11.8. The van der Waals surface area contributed by atoms with Crippen LogP contribution in [0.1, 0.15) is 73.9 Å². The smallest absolute Gasteiger partial charge is 0.0960 e. The SMILES string of the molecule is CCC1(N(c2ccccc2)c2ccccc2)Cc2cc3c(cc21)C(C)(C)c1cc2c(cc1-3)C2(CC)N(c1ccccc1)c1ccccc1. The molecule has 236 valence electrons. The van der Waals surface area contributed by atoms with Gasteiger partial charge in [0.2, 0.25) is 0 Å². The minimum absolute atomic E-state index is 0.0887. The van der Waals surface area contributed by atoms with E-state index in [-0.39, 0.29) is 16.5 Å². The molecular formula is C46H42N2. The second-order valence-electron chi connectivity index (χ2n) is 14.4. The van der Waals surface area contributed by atoms with Crippen LogP contribution >= 0.6 is 0 Å². The van der Waals surface area contributed by atoms with E-state index in [9.17, 15) is 0 Å². The van der Waals surface area contributed by atoms with Gasteiger partial charge < -0.3 is 9.80 Å². The zero-order valence-electron chi connectivity index (χ0n) is 28.4. The predicted molar refractivity (Wildman–Crippen MR) is 201 cm³/mol. The monoisotopic (exact) mass is 622 g/mol. The fourth-order valence-corrected chi connectivity index (χ4v) is 9.34. The third kappa shape index (κ3) is 3.86. The summed E-state index contributed by atoms with van der Waals surface area (Å²) in [7, 11) is 0. The lowest BCUT2D eigenvalue weighted by Crippen LogP contribution is -2.51. The molecule has 0 fully saturated rings. The van der Waals surface area contributed by atoms with Gasteiger partial charge in [0.15, 0.2) is 0 Å². The lowest BCUT2D eigenvalue weighted by atomic mass is 9.65. The van der Waals surface area contributed by atoms with E-state index >= 15 is 0 Å². The van der Waals surface area contributed by atoms with Crippen LogP contribution in [0.3, 0.4) is 0 Å². The summed E-state index contributed by atoms with van der Waals surface area (Å²) in [4.78, 5) is 5.18. The van der Waals surface area contributed by atoms with Crippen LogP contribution in [-0.4, -0.2) is 0 Å². The van der Waals surface area contributed by atoms with Crippen LogP contribution in [-0.2, 0) is 22.9 Å². The Morgan fingerprint density at radius 2 is 0.875 bits per heavy atom. The maximum atomic E-state index is 2.60. The van der Waals surface area contributed by atoms with E-state index in [0.717, 1.165) is 19.3 Å². The Labute approximate surface area is 285 Å². The minimum Gasteiger partial charge on any atom is -0.331 e. The molecule has 6 aromatic rings. The van der Waals surface area contributed by atoms with E-state index in [1.165, 1.54) is 67.3 Å². The van der Waals surface area contributed by atoms with Crippen molar-refractivity contribution in [2.75, 3.05) is 9.80 Å². The largest absolute Gasteiger partial charge is 0.331 e. The zero-order valence-corrected chi connectivity index (χ0v) is 28.4. The van der Waals surface area contributed by atoms with Crippen molar-refractivity contribution in [1.29, 1.82) is 0 Å². The zero-order chi connectivity index (χ0) is 32.7. The van der Waals surface area contributed by atoms with Crippen molar-refractivity contribution in [2.24, 2.45) is 0 Å². The Balaban J connectivity index is 1.17. The fraction of sp³-hybridized carbons (Fsp3) is 0.217. The summed E-state index contributed by atoms with van der Waals surface area (Å²) in [6.07, 6.45) is 3.09. The molecule has 0 aliphatic heterocycles. The molecule has 0 N–H and O–H groups in total. The molecule has 0 aromatic heterocycles. The minimum atomic E-state index is -0.146. The molecule has 2 atom stereocenters. The van der Waals surface area contributed by atoms with Gasteiger partial charge in [-0.1, -0.05) is 119 Å². The number of hydrogen-bond acceptors (Lipinski definition) is 2. The van der Waals surface area contributed by atoms with Crippen LogP contribution in [0.4, 0.5) is 22.7 Å². The Hall–Kier alpha value is -5.08. The van der Waals surface area contributed by atoms with Gasteiger partial charge in [-0.15, -0.1) is 0 Å². The Morgan fingerprint density at radius 3 is 1.33 bits per heavy atom. The first-order chi connectivity index (χ1) is 23.4.